The van der Waals surface area contributed by atoms with Gasteiger partial charge in [-0.25, -0.2) is 4.39 Å². The number of nitrogens with one attached hydrogen (secondary N) is 2. The Kier molecular flexibility index (Phi) is 4.74. The molecule has 0 saturated heterocycles. The highest BCUT2D eigenvalue weighted by Crippen LogP contribution is 2.22. The lowest BCUT2D eigenvalue weighted by molar-refractivity contribution is 0.102. The maximum atomic E-state index is 13.6. The summed E-state index contributed by atoms with van der Waals surface area (Å²) in [7, 11) is 0. The molecule has 1 amide bonds. The molecule has 5 heteroatoms. The van der Waals surface area contributed by atoms with Gasteiger partial charge in [-0.05, 0) is 37.3 Å². The average Bonchev–Trinajstić information content (AvgIpc) is 2.44. The predicted octanol–water partition coefficient (Wildman–Crippen LogP) is 4.27. The van der Waals surface area contributed by atoms with E-state index < -0.39 is 5.82 Å². The number of para-hydroxylation sites is 1. The van der Waals surface area contributed by atoms with Crippen LogP contribution in [-0.4, -0.2) is 12.5 Å². The maximum absolute atomic E-state index is 13.6. The molecule has 2 rings (SSSR count). The zero-order chi connectivity index (χ0) is 14.5. The molecule has 0 aromatic heterocycles. The first-order chi connectivity index (χ1) is 9.61. The monoisotopic (exact) mass is 336 g/mol. The van der Waals surface area contributed by atoms with Gasteiger partial charge in [-0.1, -0.05) is 28.1 Å². The molecule has 2 aromatic carbocycles. The molecule has 0 heterocycles. The lowest BCUT2D eigenvalue weighted by Gasteiger charge is -2.11. The number of amides is 1. The van der Waals surface area contributed by atoms with Crippen molar-refractivity contribution >= 4 is 33.2 Å². The first-order valence-corrected chi connectivity index (χ1v) is 7.00. The van der Waals surface area contributed by atoms with E-state index in [4.69, 9.17) is 0 Å². The van der Waals surface area contributed by atoms with Crippen LogP contribution in [0.4, 0.5) is 15.8 Å². The van der Waals surface area contributed by atoms with E-state index in [1.54, 1.807) is 18.2 Å². The zero-order valence-corrected chi connectivity index (χ0v) is 12.5. The fraction of sp³-hybridized carbons (Fsp3) is 0.133. The van der Waals surface area contributed by atoms with Gasteiger partial charge in [0.25, 0.3) is 5.91 Å². The minimum Gasteiger partial charge on any atom is -0.385 e. The molecule has 0 bridgehead atoms. The molecule has 0 atom stereocenters. The van der Waals surface area contributed by atoms with E-state index >= 15 is 0 Å². The number of halogens is 2. The quantitative estimate of drug-likeness (QED) is 0.875. The fourth-order valence-electron chi connectivity index (χ4n) is 1.81. The van der Waals surface area contributed by atoms with Gasteiger partial charge in [0, 0.05) is 16.7 Å². The van der Waals surface area contributed by atoms with Crippen molar-refractivity contribution in [1.82, 2.24) is 0 Å². The molecule has 20 heavy (non-hydrogen) atoms. The van der Waals surface area contributed by atoms with Crippen LogP contribution in [0.25, 0.3) is 0 Å². The number of anilines is 2. The van der Waals surface area contributed by atoms with Crippen LogP contribution < -0.4 is 10.6 Å². The summed E-state index contributed by atoms with van der Waals surface area (Å²) in [6.07, 6.45) is 0. The molecule has 0 saturated carbocycles. The Morgan fingerprint density at radius 1 is 1.20 bits per heavy atom. The molecule has 0 radical (unpaired) electrons. The largest absolute Gasteiger partial charge is 0.385 e. The standard InChI is InChI=1S/C15H14BrFN2O/c1-2-18-13-6-4-3-5-11(13)15(20)19-14-9-10(16)7-8-12(14)17/h3-9,18H,2H2,1H3,(H,19,20). The van der Waals surface area contributed by atoms with E-state index in [9.17, 15) is 9.18 Å². The fourth-order valence-corrected chi connectivity index (χ4v) is 2.17. The summed E-state index contributed by atoms with van der Waals surface area (Å²) in [5.41, 5.74) is 1.35. The Balaban J connectivity index is 2.26. The summed E-state index contributed by atoms with van der Waals surface area (Å²) in [5, 5.41) is 5.69. The van der Waals surface area contributed by atoms with Crippen molar-refractivity contribution in [1.29, 1.82) is 0 Å². The van der Waals surface area contributed by atoms with Gasteiger partial charge >= 0.3 is 0 Å². The van der Waals surface area contributed by atoms with Crippen molar-refractivity contribution in [3.05, 3.63) is 58.3 Å². The third-order valence-corrected chi connectivity index (χ3v) is 3.21. The Labute approximate surface area is 125 Å². The Hall–Kier alpha value is -1.88. The van der Waals surface area contributed by atoms with Crippen LogP contribution in [0.3, 0.4) is 0 Å². The number of carbonyl (C=O) groups is 1. The molecule has 0 aliphatic heterocycles. The van der Waals surface area contributed by atoms with E-state index in [1.807, 2.05) is 19.1 Å². The molecule has 0 spiro atoms. The summed E-state index contributed by atoms with van der Waals surface area (Å²) in [6.45, 7) is 2.65. The molecule has 0 aliphatic carbocycles. The van der Waals surface area contributed by atoms with Crippen molar-refractivity contribution in [2.24, 2.45) is 0 Å². The molecule has 0 aliphatic rings. The first-order valence-electron chi connectivity index (χ1n) is 6.21. The Bertz CT molecular complexity index is 631. The van der Waals surface area contributed by atoms with Crippen molar-refractivity contribution in [3.8, 4) is 0 Å². The smallest absolute Gasteiger partial charge is 0.257 e. The number of hydrogen-bond donors (Lipinski definition) is 2. The number of hydrogen-bond acceptors (Lipinski definition) is 2. The van der Waals surface area contributed by atoms with Gasteiger partial charge in [-0.15, -0.1) is 0 Å². The lowest BCUT2D eigenvalue weighted by Crippen LogP contribution is -2.15. The summed E-state index contributed by atoms with van der Waals surface area (Å²) in [4.78, 5) is 12.2. The summed E-state index contributed by atoms with van der Waals surface area (Å²) < 4.78 is 14.3. The average molecular weight is 337 g/mol. The van der Waals surface area contributed by atoms with Gasteiger partial charge in [0.1, 0.15) is 5.82 Å². The molecule has 0 unspecified atom stereocenters. The van der Waals surface area contributed by atoms with Crippen LogP contribution in [-0.2, 0) is 0 Å². The third-order valence-electron chi connectivity index (χ3n) is 2.72. The van der Waals surface area contributed by atoms with E-state index in [0.717, 1.165) is 5.69 Å². The third kappa shape index (κ3) is 3.36. The molecule has 0 fully saturated rings. The highest BCUT2D eigenvalue weighted by atomic mass is 79.9. The van der Waals surface area contributed by atoms with Gasteiger partial charge in [0.15, 0.2) is 0 Å². The summed E-state index contributed by atoms with van der Waals surface area (Å²) >= 11 is 3.25. The van der Waals surface area contributed by atoms with Crippen LogP contribution in [0.1, 0.15) is 17.3 Å². The van der Waals surface area contributed by atoms with Crippen LogP contribution in [0, 0.1) is 5.82 Å². The molecule has 2 N–H and O–H groups in total. The van der Waals surface area contributed by atoms with Gasteiger partial charge in [0.2, 0.25) is 0 Å². The second-order valence-corrected chi connectivity index (χ2v) is 5.07. The van der Waals surface area contributed by atoms with E-state index in [1.165, 1.54) is 12.1 Å². The number of carbonyl (C=O) groups excluding carboxylic acids is 1. The van der Waals surface area contributed by atoms with Crippen molar-refractivity contribution < 1.29 is 9.18 Å². The summed E-state index contributed by atoms with van der Waals surface area (Å²) in [6, 6.07) is 11.5. The summed E-state index contributed by atoms with van der Waals surface area (Å²) in [5.74, 6) is -0.818. The minimum absolute atomic E-state index is 0.149. The zero-order valence-electron chi connectivity index (χ0n) is 10.9. The van der Waals surface area contributed by atoms with Gasteiger partial charge < -0.3 is 10.6 Å². The van der Waals surface area contributed by atoms with Crippen LogP contribution >= 0.6 is 15.9 Å². The molecule has 3 nitrogen and oxygen atoms in total. The second-order valence-electron chi connectivity index (χ2n) is 4.15. The van der Waals surface area contributed by atoms with E-state index in [-0.39, 0.29) is 11.6 Å². The predicted molar refractivity (Wildman–Crippen MR) is 82.7 cm³/mol. The lowest BCUT2D eigenvalue weighted by atomic mass is 10.1. The first kappa shape index (κ1) is 14.5. The molecule has 104 valence electrons. The van der Waals surface area contributed by atoms with E-state index in [0.29, 0.717) is 16.6 Å². The van der Waals surface area contributed by atoms with Gasteiger partial charge in [-0.2, -0.15) is 0 Å². The van der Waals surface area contributed by atoms with Crippen LogP contribution in [0.5, 0.6) is 0 Å². The van der Waals surface area contributed by atoms with Gasteiger partial charge in [-0.3, -0.25) is 4.79 Å². The highest BCUT2D eigenvalue weighted by molar-refractivity contribution is 9.10. The Morgan fingerprint density at radius 3 is 2.70 bits per heavy atom. The van der Waals surface area contributed by atoms with Crippen molar-refractivity contribution in [3.63, 3.8) is 0 Å². The number of rotatable bonds is 4. The maximum Gasteiger partial charge on any atom is 0.257 e. The number of benzene rings is 2. The second kappa shape index (κ2) is 6.52. The van der Waals surface area contributed by atoms with Crippen molar-refractivity contribution in [2.45, 2.75) is 6.92 Å². The van der Waals surface area contributed by atoms with Crippen LogP contribution in [0.15, 0.2) is 46.9 Å². The molecule has 2 aromatic rings. The van der Waals surface area contributed by atoms with E-state index in [2.05, 4.69) is 26.6 Å². The van der Waals surface area contributed by atoms with Crippen molar-refractivity contribution in [2.75, 3.05) is 17.2 Å². The van der Waals surface area contributed by atoms with Crippen LogP contribution in [0.2, 0.25) is 0 Å². The minimum atomic E-state index is -0.470. The molecular formula is C15H14BrFN2O. The van der Waals surface area contributed by atoms with Gasteiger partial charge in [0.05, 0.1) is 11.3 Å². The normalized spacial score (nSPS) is 10.2. The topological polar surface area (TPSA) is 41.1 Å². The Morgan fingerprint density at radius 2 is 1.95 bits per heavy atom. The highest BCUT2D eigenvalue weighted by Gasteiger charge is 2.13. The SMILES string of the molecule is CCNc1ccccc1C(=O)Nc1cc(Br)ccc1F. The molecular weight excluding hydrogens is 323 g/mol.